The molecule has 30 heavy (non-hydrogen) atoms. The summed E-state index contributed by atoms with van der Waals surface area (Å²) in [4.78, 5) is 18.0. The molecule has 0 saturated heterocycles. The SMILES string of the molecule is CCn1c(-c2ccc3c(c2)OCCO3)c/c(=N/c2c(C)cc(C)cc2C)n(C)c1=O. The number of aryl methyl sites for hydroxylation is 3. The number of hydrogen-bond acceptors (Lipinski definition) is 4. The van der Waals surface area contributed by atoms with Crippen LogP contribution < -0.4 is 20.7 Å². The monoisotopic (exact) mass is 405 g/mol. The second-order valence-corrected chi connectivity index (χ2v) is 7.69. The van der Waals surface area contributed by atoms with Crippen LogP contribution in [0.4, 0.5) is 5.69 Å². The molecule has 0 spiro atoms. The highest BCUT2D eigenvalue weighted by atomic mass is 16.6. The Balaban J connectivity index is 1.95. The Morgan fingerprint density at radius 3 is 2.30 bits per heavy atom. The zero-order chi connectivity index (χ0) is 21.4. The van der Waals surface area contributed by atoms with Crippen LogP contribution in [0.5, 0.6) is 11.5 Å². The first-order valence-electron chi connectivity index (χ1n) is 10.2. The normalized spacial score (nSPS) is 13.6. The second-order valence-electron chi connectivity index (χ2n) is 7.69. The van der Waals surface area contributed by atoms with Gasteiger partial charge in [0.2, 0.25) is 0 Å². The van der Waals surface area contributed by atoms with Crippen LogP contribution in [-0.4, -0.2) is 22.3 Å². The zero-order valence-corrected chi connectivity index (χ0v) is 18.2. The maximum atomic E-state index is 13.1. The lowest BCUT2D eigenvalue weighted by Gasteiger charge is -2.20. The molecule has 0 aliphatic carbocycles. The maximum Gasteiger partial charge on any atom is 0.329 e. The number of ether oxygens (including phenoxy) is 2. The van der Waals surface area contributed by atoms with Crippen molar-refractivity contribution in [2.24, 2.45) is 12.0 Å². The Bertz CT molecular complexity index is 1230. The van der Waals surface area contributed by atoms with E-state index < -0.39 is 0 Å². The van der Waals surface area contributed by atoms with Gasteiger partial charge >= 0.3 is 5.69 Å². The van der Waals surface area contributed by atoms with Gasteiger partial charge in [0.1, 0.15) is 18.7 Å². The van der Waals surface area contributed by atoms with E-state index in [-0.39, 0.29) is 5.69 Å². The summed E-state index contributed by atoms with van der Waals surface area (Å²) in [5.41, 5.74) is 6.49. The Hall–Kier alpha value is -3.28. The van der Waals surface area contributed by atoms with Crippen LogP contribution in [0.2, 0.25) is 0 Å². The molecule has 0 radical (unpaired) electrons. The van der Waals surface area contributed by atoms with Crippen LogP contribution in [0.3, 0.4) is 0 Å². The minimum absolute atomic E-state index is 0.106. The van der Waals surface area contributed by atoms with E-state index in [4.69, 9.17) is 14.5 Å². The standard InChI is InChI=1S/C24H27N3O3/c1-6-27-19(18-7-8-20-21(13-18)30-10-9-29-20)14-22(26(5)24(27)28)25-23-16(3)11-15(2)12-17(23)4/h7-8,11-14H,6,9-10H2,1-5H3/b25-22-. The van der Waals surface area contributed by atoms with Gasteiger partial charge in [-0.05, 0) is 57.0 Å². The molecule has 3 aromatic rings. The van der Waals surface area contributed by atoms with Crippen molar-refractivity contribution >= 4 is 5.69 Å². The smallest absolute Gasteiger partial charge is 0.329 e. The highest BCUT2D eigenvalue weighted by Crippen LogP contribution is 2.34. The summed E-state index contributed by atoms with van der Waals surface area (Å²) >= 11 is 0. The summed E-state index contributed by atoms with van der Waals surface area (Å²) in [5.74, 6) is 1.43. The van der Waals surface area contributed by atoms with Gasteiger partial charge in [-0.15, -0.1) is 0 Å². The summed E-state index contributed by atoms with van der Waals surface area (Å²) in [6.45, 7) is 9.76. The molecule has 0 N–H and O–H groups in total. The van der Waals surface area contributed by atoms with Gasteiger partial charge in [-0.2, -0.15) is 0 Å². The van der Waals surface area contributed by atoms with Crippen LogP contribution >= 0.6 is 0 Å². The topological polar surface area (TPSA) is 57.8 Å². The summed E-state index contributed by atoms with van der Waals surface area (Å²) < 4.78 is 14.7. The minimum Gasteiger partial charge on any atom is -0.486 e. The van der Waals surface area contributed by atoms with Crippen molar-refractivity contribution < 1.29 is 9.47 Å². The van der Waals surface area contributed by atoms with E-state index in [1.165, 1.54) is 5.56 Å². The first kappa shape index (κ1) is 20.0. The molecule has 2 aromatic carbocycles. The fourth-order valence-electron chi connectivity index (χ4n) is 4.00. The predicted octanol–water partition coefficient (Wildman–Crippen LogP) is 3.80. The molecule has 0 amide bonds. The lowest BCUT2D eigenvalue weighted by molar-refractivity contribution is 0.171. The fourth-order valence-corrected chi connectivity index (χ4v) is 4.00. The van der Waals surface area contributed by atoms with Crippen LogP contribution in [-0.2, 0) is 13.6 Å². The van der Waals surface area contributed by atoms with Crippen LogP contribution in [0.25, 0.3) is 11.3 Å². The van der Waals surface area contributed by atoms with Crippen molar-refractivity contribution in [1.82, 2.24) is 9.13 Å². The highest BCUT2D eigenvalue weighted by Gasteiger charge is 2.15. The molecule has 1 aliphatic heterocycles. The van der Waals surface area contributed by atoms with Gasteiger partial charge in [-0.25, -0.2) is 9.79 Å². The van der Waals surface area contributed by atoms with Gasteiger partial charge in [0.15, 0.2) is 11.5 Å². The maximum absolute atomic E-state index is 13.1. The van der Waals surface area contributed by atoms with E-state index in [1.807, 2.05) is 45.0 Å². The lowest BCUT2D eigenvalue weighted by atomic mass is 10.1. The number of aromatic nitrogens is 2. The number of hydrogen-bond donors (Lipinski definition) is 0. The molecule has 1 aliphatic rings. The average Bonchev–Trinajstić information content (AvgIpc) is 2.73. The number of benzene rings is 2. The largest absolute Gasteiger partial charge is 0.486 e. The third-order valence-electron chi connectivity index (χ3n) is 5.43. The van der Waals surface area contributed by atoms with Crippen LogP contribution in [0, 0.1) is 20.8 Å². The number of nitrogens with zero attached hydrogens (tertiary/aromatic N) is 3. The Morgan fingerprint density at radius 2 is 1.63 bits per heavy atom. The van der Waals surface area contributed by atoms with E-state index >= 15 is 0 Å². The van der Waals surface area contributed by atoms with Gasteiger partial charge in [0.25, 0.3) is 0 Å². The summed E-state index contributed by atoms with van der Waals surface area (Å²) in [6, 6.07) is 12.0. The first-order chi connectivity index (χ1) is 14.4. The van der Waals surface area contributed by atoms with Crippen LogP contribution in [0.15, 0.2) is 46.2 Å². The van der Waals surface area contributed by atoms with Gasteiger partial charge in [-0.1, -0.05) is 17.7 Å². The van der Waals surface area contributed by atoms with E-state index in [9.17, 15) is 4.79 Å². The molecule has 156 valence electrons. The quantitative estimate of drug-likeness (QED) is 0.666. The molecular weight excluding hydrogens is 378 g/mol. The van der Waals surface area contributed by atoms with Crippen molar-refractivity contribution in [2.75, 3.05) is 13.2 Å². The number of rotatable bonds is 3. The number of fused-ring (bicyclic) bond motifs is 1. The van der Waals surface area contributed by atoms with Gasteiger partial charge in [0, 0.05) is 25.2 Å². The summed E-state index contributed by atoms with van der Waals surface area (Å²) in [5, 5.41) is 0. The lowest BCUT2D eigenvalue weighted by Crippen LogP contribution is -2.38. The molecule has 0 unspecified atom stereocenters. The second kappa shape index (κ2) is 7.86. The minimum atomic E-state index is -0.106. The molecule has 2 heterocycles. The molecule has 0 atom stereocenters. The third kappa shape index (κ3) is 3.54. The summed E-state index contributed by atoms with van der Waals surface area (Å²) in [7, 11) is 1.76. The van der Waals surface area contributed by atoms with E-state index in [1.54, 1.807) is 16.2 Å². The Morgan fingerprint density at radius 1 is 0.967 bits per heavy atom. The van der Waals surface area contributed by atoms with Crippen LogP contribution in [0.1, 0.15) is 23.6 Å². The first-order valence-corrected chi connectivity index (χ1v) is 10.2. The fraction of sp³-hybridized carbons (Fsp3) is 0.333. The van der Waals surface area contributed by atoms with Crippen molar-refractivity contribution in [1.29, 1.82) is 0 Å². The molecule has 0 bridgehead atoms. The van der Waals surface area contributed by atoms with E-state index in [0.717, 1.165) is 33.8 Å². The van der Waals surface area contributed by atoms with Crippen molar-refractivity contribution in [3.63, 3.8) is 0 Å². The van der Waals surface area contributed by atoms with E-state index in [0.29, 0.717) is 31.0 Å². The van der Waals surface area contributed by atoms with Gasteiger partial charge < -0.3 is 9.47 Å². The molecule has 0 saturated carbocycles. The predicted molar refractivity (Wildman–Crippen MR) is 118 cm³/mol. The van der Waals surface area contributed by atoms with Crippen molar-refractivity contribution in [3.05, 3.63) is 69.1 Å². The molecule has 1 aromatic heterocycles. The van der Waals surface area contributed by atoms with Gasteiger partial charge in [-0.3, -0.25) is 9.13 Å². The van der Waals surface area contributed by atoms with Crippen molar-refractivity contribution in [2.45, 2.75) is 34.2 Å². The molecule has 6 heteroatoms. The molecule has 4 rings (SSSR count). The Labute approximate surface area is 176 Å². The third-order valence-corrected chi connectivity index (χ3v) is 5.43. The Kier molecular flexibility index (Phi) is 5.24. The summed E-state index contributed by atoms with van der Waals surface area (Å²) in [6.07, 6.45) is 0. The zero-order valence-electron chi connectivity index (χ0n) is 18.2. The van der Waals surface area contributed by atoms with Gasteiger partial charge in [0.05, 0.1) is 11.4 Å². The molecule has 6 nitrogen and oxygen atoms in total. The highest BCUT2D eigenvalue weighted by molar-refractivity contribution is 5.64. The van der Waals surface area contributed by atoms with Crippen molar-refractivity contribution in [3.8, 4) is 22.8 Å². The molecular formula is C24H27N3O3. The van der Waals surface area contributed by atoms with E-state index in [2.05, 4.69) is 19.1 Å². The molecule has 0 fully saturated rings. The average molecular weight is 405 g/mol.